The Morgan fingerprint density at radius 2 is 2.23 bits per heavy atom. The Kier molecular flexibility index (Phi) is 4.32. The third-order valence-electron chi connectivity index (χ3n) is 1.87. The monoisotopic (exact) mass is 201 g/mol. The quantitative estimate of drug-likeness (QED) is 0.739. The van der Waals surface area contributed by atoms with E-state index in [0.717, 1.165) is 29.4 Å². The first kappa shape index (κ1) is 10.6. The van der Waals surface area contributed by atoms with Crippen molar-refractivity contribution in [3.63, 3.8) is 0 Å². The summed E-state index contributed by atoms with van der Waals surface area (Å²) >= 11 is 1.80. The highest BCUT2D eigenvalue weighted by molar-refractivity contribution is 7.98. The van der Waals surface area contributed by atoms with Crippen molar-refractivity contribution in [2.75, 3.05) is 12.4 Å². The predicted molar refractivity (Wildman–Crippen MR) is 53.8 cm³/mol. The highest BCUT2D eigenvalue weighted by Gasteiger charge is 2.07. The number of aryl methyl sites for hydroxylation is 2. The molecule has 1 aromatic rings. The van der Waals surface area contributed by atoms with Crippen LogP contribution in [-0.2, 0) is 5.75 Å². The smallest absolute Gasteiger partial charge is 0.137 e. The molecule has 0 radical (unpaired) electrons. The van der Waals surface area contributed by atoms with E-state index in [9.17, 15) is 0 Å². The van der Waals surface area contributed by atoms with E-state index >= 15 is 0 Å². The van der Waals surface area contributed by atoms with Gasteiger partial charge in [0.15, 0.2) is 0 Å². The lowest BCUT2D eigenvalue weighted by Gasteiger charge is -1.98. The summed E-state index contributed by atoms with van der Waals surface area (Å²) in [6.45, 7) is 4.16. The van der Waals surface area contributed by atoms with Gasteiger partial charge >= 0.3 is 0 Å². The normalized spacial score (nSPS) is 10.7. The number of rotatable bonds is 5. The molecule has 0 aliphatic rings. The molecule has 4 heteroatoms. The maximum Gasteiger partial charge on any atom is 0.137 e. The molecular weight excluding hydrogens is 186 g/mol. The Balaban J connectivity index is 2.36. The molecule has 0 unspecified atom stereocenters. The molecule has 1 rings (SSSR count). The van der Waals surface area contributed by atoms with E-state index in [1.165, 1.54) is 5.56 Å². The minimum absolute atomic E-state index is 0.272. The van der Waals surface area contributed by atoms with E-state index in [1.807, 2.05) is 13.8 Å². The SMILES string of the molecule is Cc1noc(C)c1CSCCCO. The molecule has 1 aromatic heterocycles. The first-order valence-electron chi connectivity index (χ1n) is 4.36. The van der Waals surface area contributed by atoms with Gasteiger partial charge in [-0.25, -0.2) is 0 Å². The summed E-state index contributed by atoms with van der Waals surface area (Å²) in [4.78, 5) is 0. The second-order valence-corrected chi connectivity index (χ2v) is 4.04. The van der Waals surface area contributed by atoms with Gasteiger partial charge in [0, 0.05) is 17.9 Å². The first-order chi connectivity index (χ1) is 6.25. The van der Waals surface area contributed by atoms with Crippen LogP contribution in [-0.4, -0.2) is 22.6 Å². The van der Waals surface area contributed by atoms with E-state index in [1.54, 1.807) is 11.8 Å². The van der Waals surface area contributed by atoms with Gasteiger partial charge in [0.05, 0.1) is 5.69 Å². The van der Waals surface area contributed by atoms with Crippen molar-refractivity contribution in [3.8, 4) is 0 Å². The van der Waals surface area contributed by atoms with Crippen molar-refractivity contribution in [1.29, 1.82) is 0 Å². The summed E-state index contributed by atoms with van der Waals surface area (Å²) < 4.78 is 5.04. The topological polar surface area (TPSA) is 46.3 Å². The van der Waals surface area contributed by atoms with Gasteiger partial charge in [-0.05, 0) is 26.0 Å². The maximum atomic E-state index is 8.59. The van der Waals surface area contributed by atoms with Gasteiger partial charge in [-0.2, -0.15) is 11.8 Å². The van der Waals surface area contributed by atoms with Crippen LogP contribution >= 0.6 is 11.8 Å². The summed E-state index contributed by atoms with van der Waals surface area (Å²) in [5.74, 6) is 2.83. The van der Waals surface area contributed by atoms with Gasteiger partial charge < -0.3 is 9.63 Å². The summed E-state index contributed by atoms with van der Waals surface area (Å²) in [5.41, 5.74) is 2.18. The molecule has 13 heavy (non-hydrogen) atoms. The average molecular weight is 201 g/mol. The summed E-state index contributed by atoms with van der Waals surface area (Å²) in [6, 6.07) is 0. The number of hydrogen-bond donors (Lipinski definition) is 1. The molecule has 1 N–H and O–H groups in total. The van der Waals surface area contributed by atoms with E-state index < -0.39 is 0 Å². The molecule has 74 valence electrons. The van der Waals surface area contributed by atoms with Crippen LogP contribution in [0.25, 0.3) is 0 Å². The van der Waals surface area contributed by atoms with Crippen LogP contribution in [0.1, 0.15) is 23.4 Å². The van der Waals surface area contributed by atoms with E-state index in [-0.39, 0.29) is 6.61 Å². The Bertz CT molecular complexity index is 241. The number of aliphatic hydroxyl groups excluding tert-OH is 1. The molecule has 0 fully saturated rings. The number of hydrogen-bond acceptors (Lipinski definition) is 4. The number of thioether (sulfide) groups is 1. The highest BCUT2D eigenvalue weighted by atomic mass is 32.2. The Morgan fingerprint density at radius 3 is 2.77 bits per heavy atom. The molecule has 0 aliphatic heterocycles. The minimum atomic E-state index is 0.272. The van der Waals surface area contributed by atoms with Crippen LogP contribution in [0.5, 0.6) is 0 Å². The maximum absolute atomic E-state index is 8.59. The second kappa shape index (κ2) is 5.29. The zero-order chi connectivity index (χ0) is 9.68. The molecule has 1 heterocycles. The van der Waals surface area contributed by atoms with Crippen molar-refractivity contribution in [3.05, 3.63) is 17.0 Å². The fourth-order valence-electron chi connectivity index (χ4n) is 1.05. The summed E-state index contributed by atoms with van der Waals surface area (Å²) in [7, 11) is 0. The molecule has 0 saturated heterocycles. The lowest BCUT2D eigenvalue weighted by molar-refractivity contribution is 0.296. The Hall–Kier alpha value is -0.480. The molecule has 0 aromatic carbocycles. The summed E-state index contributed by atoms with van der Waals surface area (Å²) in [5, 5.41) is 12.5. The van der Waals surface area contributed by atoms with Crippen LogP contribution in [0.15, 0.2) is 4.52 Å². The van der Waals surface area contributed by atoms with Crippen LogP contribution in [0.3, 0.4) is 0 Å². The molecule has 0 bridgehead atoms. The van der Waals surface area contributed by atoms with Gasteiger partial charge in [-0.3, -0.25) is 0 Å². The lowest BCUT2D eigenvalue weighted by atomic mass is 10.2. The van der Waals surface area contributed by atoms with Gasteiger partial charge in [-0.15, -0.1) is 0 Å². The van der Waals surface area contributed by atoms with Crippen molar-refractivity contribution in [2.24, 2.45) is 0 Å². The zero-order valence-electron chi connectivity index (χ0n) is 8.04. The molecule has 0 aliphatic carbocycles. The minimum Gasteiger partial charge on any atom is -0.396 e. The largest absolute Gasteiger partial charge is 0.396 e. The van der Waals surface area contributed by atoms with Crippen LogP contribution in [0.2, 0.25) is 0 Å². The molecule has 0 atom stereocenters. The van der Waals surface area contributed by atoms with Gasteiger partial charge in [0.1, 0.15) is 5.76 Å². The number of nitrogens with zero attached hydrogens (tertiary/aromatic N) is 1. The lowest BCUT2D eigenvalue weighted by Crippen LogP contribution is -1.89. The zero-order valence-corrected chi connectivity index (χ0v) is 8.86. The Labute approximate surface area is 82.5 Å². The third-order valence-corrected chi connectivity index (χ3v) is 2.94. The molecule has 0 saturated carbocycles. The Morgan fingerprint density at radius 1 is 1.46 bits per heavy atom. The molecular formula is C9H15NO2S. The fourth-order valence-corrected chi connectivity index (χ4v) is 2.14. The van der Waals surface area contributed by atoms with Gasteiger partial charge in [-0.1, -0.05) is 5.16 Å². The van der Waals surface area contributed by atoms with Gasteiger partial charge in [0.25, 0.3) is 0 Å². The highest BCUT2D eigenvalue weighted by Crippen LogP contribution is 2.19. The van der Waals surface area contributed by atoms with Crippen LogP contribution in [0, 0.1) is 13.8 Å². The van der Waals surface area contributed by atoms with E-state index in [0.29, 0.717) is 0 Å². The van der Waals surface area contributed by atoms with Crippen molar-refractivity contribution in [2.45, 2.75) is 26.0 Å². The molecule has 0 spiro atoms. The van der Waals surface area contributed by atoms with E-state index in [2.05, 4.69) is 5.16 Å². The average Bonchev–Trinajstić information content (AvgIpc) is 2.42. The summed E-state index contributed by atoms with van der Waals surface area (Å²) in [6.07, 6.45) is 0.855. The van der Waals surface area contributed by atoms with Crippen LogP contribution < -0.4 is 0 Å². The van der Waals surface area contributed by atoms with Crippen molar-refractivity contribution < 1.29 is 9.63 Å². The first-order valence-corrected chi connectivity index (χ1v) is 5.51. The van der Waals surface area contributed by atoms with E-state index in [4.69, 9.17) is 9.63 Å². The number of aliphatic hydroxyl groups is 1. The predicted octanol–water partition coefficient (Wildman–Crippen LogP) is 1.91. The van der Waals surface area contributed by atoms with Crippen molar-refractivity contribution >= 4 is 11.8 Å². The second-order valence-electron chi connectivity index (χ2n) is 2.93. The third kappa shape index (κ3) is 3.04. The number of aromatic nitrogens is 1. The fraction of sp³-hybridized carbons (Fsp3) is 0.667. The standard InChI is InChI=1S/C9H15NO2S/c1-7-9(8(2)12-10-7)6-13-5-3-4-11/h11H,3-6H2,1-2H3. The molecule has 0 amide bonds. The van der Waals surface area contributed by atoms with Gasteiger partial charge in [0.2, 0.25) is 0 Å². The molecule has 3 nitrogen and oxygen atoms in total. The van der Waals surface area contributed by atoms with Crippen molar-refractivity contribution in [1.82, 2.24) is 5.16 Å². The van der Waals surface area contributed by atoms with Crippen LogP contribution in [0.4, 0.5) is 0 Å².